The first-order chi connectivity index (χ1) is 8.15. The van der Waals surface area contributed by atoms with E-state index >= 15 is 0 Å². The predicted molar refractivity (Wildman–Crippen MR) is 57.9 cm³/mol. The van der Waals surface area contributed by atoms with Gasteiger partial charge in [0.1, 0.15) is 11.6 Å². The highest BCUT2D eigenvalue weighted by atomic mass is 19.1. The van der Waals surface area contributed by atoms with E-state index in [1.165, 1.54) is 13.0 Å². The second kappa shape index (κ2) is 4.86. The van der Waals surface area contributed by atoms with E-state index in [9.17, 15) is 9.18 Å². The van der Waals surface area contributed by atoms with Gasteiger partial charge in [0.05, 0.1) is 12.8 Å². The van der Waals surface area contributed by atoms with E-state index in [4.69, 9.17) is 4.52 Å². The average Bonchev–Trinajstić information content (AvgIpc) is 2.68. The minimum atomic E-state index is -0.307. The van der Waals surface area contributed by atoms with Gasteiger partial charge in [0.25, 0.3) is 0 Å². The molecule has 2 rings (SSSR count). The number of aromatic nitrogens is 2. The summed E-state index contributed by atoms with van der Waals surface area (Å²) in [4.78, 5) is 14.9. The first kappa shape index (κ1) is 11.4. The van der Waals surface area contributed by atoms with Crippen molar-refractivity contribution in [1.29, 1.82) is 0 Å². The number of halogens is 1. The van der Waals surface area contributed by atoms with Gasteiger partial charge in [0, 0.05) is 0 Å². The number of carbonyl (C=O) groups excluding carboxylic acids is 1. The molecule has 0 aliphatic heterocycles. The van der Waals surface area contributed by atoms with Crippen molar-refractivity contribution in [2.45, 2.75) is 19.8 Å². The molecule has 4 nitrogen and oxygen atoms in total. The fourth-order valence-corrected chi connectivity index (χ4v) is 1.46. The zero-order chi connectivity index (χ0) is 12.3. The van der Waals surface area contributed by atoms with Crippen LogP contribution in [0.1, 0.15) is 24.2 Å². The summed E-state index contributed by atoms with van der Waals surface area (Å²) in [5.41, 5.74) is 0.491. The van der Waals surface area contributed by atoms with Gasteiger partial charge in [-0.3, -0.25) is 4.79 Å². The number of benzene rings is 1. The Hall–Kier alpha value is -2.04. The zero-order valence-electron chi connectivity index (χ0n) is 9.31. The number of hydrogen-bond donors (Lipinski definition) is 0. The second-order valence-electron chi connectivity index (χ2n) is 3.75. The van der Waals surface area contributed by atoms with E-state index in [0.717, 1.165) is 0 Å². The summed E-state index contributed by atoms with van der Waals surface area (Å²) < 4.78 is 18.3. The molecule has 0 amide bonds. The first-order valence-electron chi connectivity index (χ1n) is 5.19. The van der Waals surface area contributed by atoms with Crippen LogP contribution in [0.3, 0.4) is 0 Å². The quantitative estimate of drug-likeness (QED) is 0.811. The highest BCUT2D eigenvalue weighted by Gasteiger charge is 2.10. The summed E-state index contributed by atoms with van der Waals surface area (Å²) in [6.45, 7) is 1.45. The maximum Gasteiger partial charge on any atom is 0.231 e. The highest BCUT2D eigenvalue weighted by molar-refractivity contribution is 5.77. The normalized spacial score (nSPS) is 10.5. The summed E-state index contributed by atoms with van der Waals surface area (Å²) in [6, 6.07) is 6.39. The van der Waals surface area contributed by atoms with Crippen LogP contribution in [0.4, 0.5) is 4.39 Å². The Morgan fingerprint density at radius 1 is 1.41 bits per heavy atom. The summed E-state index contributed by atoms with van der Waals surface area (Å²) in [7, 11) is 0. The van der Waals surface area contributed by atoms with Gasteiger partial charge in [-0.15, -0.1) is 0 Å². The van der Waals surface area contributed by atoms with E-state index in [2.05, 4.69) is 10.1 Å². The van der Waals surface area contributed by atoms with Crippen LogP contribution in [0.25, 0.3) is 0 Å². The lowest BCUT2D eigenvalue weighted by molar-refractivity contribution is -0.116. The summed E-state index contributed by atoms with van der Waals surface area (Å²) in [5.74, 6) is 0.303. The molecule has 0 bridgehead atoms. The van der Waals surface area contributed by atoms with Crippen LogP contribution in [0.5, 0.6) is 0 Å². The van der Waals surface area contributed by atoms with Crippen LogP contribution in [0.2, 0.25) is 0 Å². The number of Topliss-reactive ketones (excluding diaryl/α,β-unsaturated/α-hetero) is 1. The summed E-state index contributed by atoms with van der Waals surface area (Å²) in [6.07, 6.45) is 0.373. The van der Waals surface area contributed by atoms with Crippen molar-refractivity contribution in [3.05, 3.63) is 47.4 Å². The standard InChI is InChI=1S/C12H11FN2O2/c1-8(16)6-11-14-12(17-15-11)7-9-4-2-3-5-10(9)13/h2-5H,6-7H2,1H3. The molecule has 0 atom stereocenters. The summed E-state index contributed by atoms with van der Waals surface area (Å²) >= 11 is 0. The summed E-state index contributed by atoms with van der Waals surface area (Å²) in [5, 5.41) is 3.65. The van der Waals surface area contributed by atoms with Gasteiger partial charge < -0.3 is 4.52 Å². The van der Waals surface area contributed by atoms with E-state index in [1.54, 1.807) is 18.2 Å². The second-order valence-corrected chi connectivity index (χ2v) is 3.75. The zero-order valence-corrected chi connectivity index (χ0v) is 9.31. The van der Waals surface area contributed by atoms with Crippen molar-refractivity contribution >= 4 is 5.78 Å². The van der Waals surface area contributed by atoms with Gasteiger partial charge in [-0.05, 0) is 18.6 Å². The molecule has 1 aromatic carbocycles. The molecule has 0 radical (unpaired) electrons. The smallest absolute Gasteiger partial charge is 0.231 e. The Morgan fingerprint density at radius 2 is 2.18 bits per heavy atom. The third-order valence-electron chi connectivity index (χ3n) is 2.22. The first-order valence-corrected chi connectivity index (χ1v) is 5.19. The van der Waals surface area contributed by atoms with Gasteiger partial charge in [0.15, 0.2) is 5.82 Å². The van der Waals surface area contributed by atoms with Crippen molar-refractivity contribution in [2.24, 2.45) is 0 Å². The Bertz CT molecular complexity index is 537. The van der Waals surface area contributed by atoms with E-state index in [0.29, 0.717) is 17.3 Å². The molecule has 5 heteroatoms. The Kier molecular flexibility index (Phi) is 3.27. The molecule has 0 saturated heterocycles. The maximum absolute atomic E-state index is 13.3. The number of ketones is 1. The maximum atomic E-state index is 13.3. The third kappa shape index (κ3) is 2.96. The predicted octanol–water partition coefficient (Wildman–Crippen LogP) is 1.93. The molecule has 0 saturated carbocycles. The van der Waals surface area contributed by atoms with Crippen LogP contribution in [0, 0.1) is 5.82 Å². The van der Waals surface area contributed by atoms with Gasteiger partial charge in [0.2, 0.25) is 5.89 Å². The van der Waals surface area contributed by atoms with Crippen molar-refractivity contribution in [1.82, 2.24) is 10.1 Å². The Labute approximate surface area is 97.5 Å². The van der Waals surface area contributed by atoms with Crippen molar-refractivity contribution in [3.8, 4) is 0 Å². The lowest BCUT2D eigenvalue weighted by atomic mass is 10.1. The molecule has 0 aliphatic carbocycles. The molecule has 2 aromatic rings. The fraction of sp³-hybridized carbons (Fsp3) is 0.250. The number of rotatable bonds is 4. The molecule has 0 spiro atoms. The number of nitrogens with zero attached hydrogens (tertiary/aromatic N) is 2. The molecule has 0 unspecified atom stereocenters. The molecular weight excluding hydrogens is 223 g/mol. The molecule has 0 fully saturated rings. The number of hydrogen-bond acceptors (Lipinski definition) is 4. The molecule has 88 valence electrons. The Morgan fingerprint density at radius 3 is 2.88 bits per heavy atom. The van der Waals surface area contributed by atoms with E-state index < -0.39 is 0 Å². The van der Waals surface area contributed by atoms with E-state index in [1.807, 2.05) is 0 Å². The molecule has 1 heterocycles. The third-order valence-corrected chi connectivity index (χ3v) is 2.22. The van der Waals surface area contributed by atoms with Gasteiger partial charge in [-0.25, -0.2) is 4.39 Å². The molecule has 1 aromatic heterocycles. The van der Waals surface area contributed by atoms with E-state index in [-0.39, 0.29) is 24.4 Å². The topological polar surface area (TPSA) is 56.0 Å². The molecule has 17 heavy (non-hydrogen) atoms. The van der Waals surface area contributed by atoms with Crippen molar-refractivity contribution < 1.29 is 13.7 Å². The van der Waals surface area contributed by atoms with Gasteiger partial charge in [-0.2, -0.15) is 4.98 Å². The van der Waals surface area contributed by atoms with Crippen molar-refractivity contribution in [2.75, 3.05) is 0 Å². The van der Waals surface area contributed by atoms with Crippen molar-refractivity contribution in [3.63, 3.8) is 0 Å². The average molecular weight is 234 g/mol. The lowest BCUT2D eigenvalue weighted by Gasteiger charge is -1.97. The lowest BCUT2D eigenvalue weighted by Crippen LogP contribution is -1.98. The van der Waals surface area contributed by atoms with Crippen LogP contribution < -0.4 is 0 Å². The largest absolute Gasteiger partial charge is 0.339 e. The number of carbonyl (C=O) groups is 1. The SMILES string of the molecule is CC(=O)Cc1noc(Cc2ccccc2F)n1. The van der Waals surface area contributed by atoms with Gasteiger partial charge in [-0.1, -0.05) is 23.4 Å². The highest BCUT2D eigenvalue weighted by Crippen LogP contribution is 2.11. The van der Waals surface area contributed by atoms with Gasteiger partial charge >= 0.3 is 0 Å². The Balaban J connectivity index is 2.12. The molecular formula is C12H11FN2O2. The minimum Gasteiger partial charge on any atom is -0.339 e. The molecule has 0 N–H and O–H groups in total. The van der Waals surface area contributed by atoms with Crippen LogP contribution in [0.15, 0.2) is 28.8 Å². The molecule has 0 aliphatic rings. The fourth-order valence-electron chi connectivity index (χ4n) is 1.46. The van der Waals surface area contributed by atoms with Crippen LogP contribution >= 0.6 is 0 Å². The van der Waals surface area contributed by atoms with Crippen LogP contribution in [-0.4, -0.2) is 15.9 Å². The van der Waals surface area contributed by atoms with Crippen LogP contribution in [-0.2, 0) is 17.6 Å². The minimum absolute atomic E-state index is 0.0387. The monoisotopic (exact) mass is 234 g/mol.